The van der Waals surface area contributed by atoms with E-state index in [1.54, 1.807) is 0 Å². The van der Waals surface area contributed by atoms with E-state index in [9.17, 15) is 19.2 Å². The second-order valence-corrected chi connectivity index (χ2v) is 4.31. The lowest BCUT2D eigenvalue weighted by Gasteiger charge is -2.20. The summed E-state index contributed by atoms with van der Waals surface area (Å²) in [7, 11) is 0. The van der Waals surface area contributed by atoms with Crippen LogP contribution < -0.4 is 5.32 Å². The Morgan fingerprint density at radius 3 is 1.24 bits per heavy atom. The predicted molar refractivity (Wildman–Crippen MR) is 62.7 cm³/mol. The Labute approximate surface area is 101 Å². The standard InChI is InChI=1S/C12H19NO4/c1-7(14)5-11(9(3)16)13-12(10(4)17)6-8(2)15/h11-13H,5-6H2,1-4H3. The second-order valence-electron chi connectivity index (χ2n) is 4.31. The number of hydrogen-bond donors (Lipinski definition) is 1. The van der Waals surface area contributed by atoms with Crippen LogP contribution in [0.4, 0.5) is 0 Å². The number of Topliss-reactive ketones (excluding diaryl/α,β-unsaturated/α-hetero) is 4. The molecule has 0 aromatic carbocycles. The maximum atomic E-state index is 11.3. The minimum absolute atomic E-state index is 0.0387. The summed E-state index contributed by atoms with van der Waals surface area (Å²) in [5, 5.41) is 2.77. The first-order valence-electron chi connectivity index (χ1n) is 5.49. The monoisotopic (exact) mass is 241 g/mol. The van der Waals surface area contributed by atoms with Gasteiger partial charge in [0.15, 0.2) is 0 Å². The van der Waals surface area contributed by atoms with Gasteiger partial charge in [0, 0.05) is 12.8 Å². The highest BCUT2D eigenvalue weighted by molar-refractivity contribution is 5.91. The van der Waals surface area contributed by atoms with Crippen LogP contribution in [0.2, 0.25) is 0 Å². The van der Waals surface area contributed by atoms with Crippen LogP contribution in [0.3, 0.4) is 0 Å². The third-order valence-corrected chi connectivity index (χ3v) is 2.37. The Bertz CT molecular complexity index is 303. The summed E-state index contributed by atoms with van der Waals surface area (Å²) in [6, 6.07) is -1.39. The highest BCUT2D eigenvalue weighted by Crippen LogP contribution is 2.02. The Balaban J connectivity index is 4.67. The molecule has 1 N–H and O–H groups in total. The predicted octanol–water partition coefficient (Wildman–Crippen LogP) is 0.449. The molecule has 0 aliphatic heterocycles. The quantitative estimate of drug-likeness (QED) is 0.667. The second kappa shape index (κ2) is 7.06. The van der Waals surface area contributed by atoms with Gasteiger partial charge in [-0.1, -0.05) is 0 Å². The number of carbonyl (C=O) groups is 4. The maximum Gasteiger partial charge on any atom is 0.147 e. The summed E-state index contributed by atoms with van der Waals surface area (Å²) in [6.07, 6.45) is 0.0774. The highest BCUT2D eigenvalue weighted by Gasteiger charge is 2.24. The summed E-state index contributed by atoms with van der Waals surface area (Å²) in [6.45, 7) is 5.47. The van der Waals surface area contributed by atoms with E-state index in [2.05, 4.69) is 5.32 Å². The summed E-state index contributed by atoms with van der Waals surface area (Å²) >= 11 is 0. The van der Waals surface area contributed by atoms with Crippen molar-refractivity contribution in [2.45, 2.75) is 52.6 Å². The molecule has 2 unspecified atom stereocenters. The smallest absolute Gasteiger partial charge is 0.147 e. The molecule has 0 aromatic heterocycles. The Morgan fingerprint density at radius 2 is 1.06 bits per heavy atom. The van der Waals surface area contributed by atoms with Crippen LogP contribution in [0, 0.1) is 0 Å². The molecular formula is C12H19NO4. The fraction of sp³-hybridized carbons (Fsp3) is 0.667. The maximum absolute atomic E-state index is 11.3. The molecule has 0 amide bonds. The minimum Gasteiger partial charge on any atom is -0.300 e. The molecule has 0 aliphatic carbocycles. The molecular weight excluding hydrogens is 222 g/mol. The molecule has 0 aromatic rings. The molecule has 0 aliphatic rings. The molecule has 5 nitrogen and oxygen atoms in total. The third-order valence-electron chi connectivity index (χ3n) is 2.37. The first kappa shape index (κ1) is 15.6. The van der Waals surface area contributed by atoms with Gasteiger partial charge in [0.25, 0.3) is 0 Å². The summed E-state index contributed by atoms with van der Waals surface area (Å²) in [4.78, 5) is 44.6. The van der Waals surface area contributed by atoms with Crippen LogP contribution in [0.5, 0.6) is 0 Å². The van der Waals surface area contributed by atoms with E-state index >= 15 is 0 Å². The van der Waals surface area contributed by atoms with Gasteiger partial charge in [-0.05, 0) is 27.7 Å². The Morgan fingerprint density at radius 1 is 0.765 bits per heavy atom. The molecule has 96 valence electrons. The van der Waals surface area contributed by atoms with E-state index in [-0.39, 0.29) is 36.0 Å². The Kier molecular flexibility index (Phi) is 6.50. The molecule has 5 heteroatoms. The Hall–Kier alpha value is -1.36. The van der Waals surface area contributed by atoms with Crippen molar-refractivity contribution in [2.24, 2.45) is 0 Å². The molecule has 0 saturated heterocycles. The van der Waals surface area contributed by atoms with E-state index in [1.165, 1.54) is 27.7 Å². The van der Waals surface area contributed by atoms with Crippen molar-refractivity contribution >= 4 is 23.1 Å². The fourth-order valence-electron chi connectivity index (χ4n) is 1.46. The summed E-state index contributed by atoms with van der Waals surface area (Å²) < 4.78 is 0. The van der Waals surface area contributed by atoms with Gasteiger partial charge in [0.05, 0.1) is 12.1 Å². The van der Waals surface area contributed by atoms with Crippen molar-refractivity contribution in [2.75, 3.05) is 0 Å². The van der Waals surface area contributed by atoms with Gasteiger partial charge in [-0.15, -0.1) is 0 Å². The van der Waals surface area contributed by atoms with Crippen molar-refractivity contribution < 1.29 is 19.2 Å². The lowest BCUT2D eigenvalue weighted by molar-refractivity contribution is -0.127. The number of ketones is 4. The molecule has 17 heavy (non-hydrogen) atoms. The van der Waals surface area contributed by atoms with Crippen LogP contribution >= 0.6 is 0 Å². The number of hydrogen-bond acceptors (Lipinski definition) is 5. The molecule has 0 radical (unpaired) electrons. The highest BCUT2D eigenvalue weighted by atomic mass is 16.1. The van der Waals surface area contributed by atoms with E-state index in [0.29, 0.717) is 0 Å². The molecule has 0 saturated carbocycles. The fourth-order valence-corrected chi connectivity index (χ4v) is 1.46. The van der Waals surface area contributed by atoms with Gasteiger partial charge in [0.2, 0.25) is 0 Å². The van der Waals surface area contributed by atoms with Crippen molar-refractivity contribution in [1.29, 1.82) is 0 Å². The van der Waals surface area contributed by atoms with Gasteiger partial charge in [0.1, 0.15) is 23.1 Å². The van der Waals surface area contributed by atoms with E-state index < -0.39 is 12.1 Å². The van der Waals surface area contributed by atoms with Crippen LogP contribution in [0.25, 0.3) is 0 Å². The summed E-state index contributed by atoms with van der Waals surface area (Å²) in [5.74, 6) is -0.698. The van der Waals surface area contributed by atoms with E-state index in [0.717, 1.165) is 0 Å². The molecule has 0 heterocycles. The minimum atomic E-state index is -0.694. The van der Waals surface area contributed by atoms with E-state index in [4.69, 9.17) is 0 Å². The van der Waals surface area contributed by atoms with Crippen molar-refractivity contribution in [3.63, 3.8) is 0 Å². The zero-order valence-electron chi connectivity index (χ0n) is 10.7. The van der Waals surface area contributed by atoms with Gasteiger partial charge in [-0.2, -0.15) is 0 Å². The van der Waals surface area contributed by atoms with Crippen molar-refractivity contribution in [3.8, 4) is 0 Å². The number of nitrogens with one attached hydrogen (secondary N) is 1. The van der Waals surface area contributed by atoms with E-state index in [1.807, 2.05) is 0 Å². The number of rotatable bonds is 8. The zero-order chi connectivity index (χ0) is 13.6. The molecule has 0 spiro atoms. The lowest BCUT2D eigenvalue weighted by Crippen LogP contribution is -2.47. The van der Waals surface area contributed by atoms with Gasteiger partial charge in [-0.25, -0.2) is 0 Å². The SMILES string of the molecule is CC(=O)CC(NC(CC(C)=O)C(C)=O)C(C)=O. The van der Waals surface area contributed by atoms with Gasteiger partial charge < -0.3 is 0 Å². The van der Waals surface area contributed by atoms with Crippen LogP contribution in [0.15, 0.2) is 0 Å². The van der Waals surface area contributed by atoms with Crippen LogP contribution in [-0.4, -0.2) is 35.2 Å². The summed E-state index contributed by atoms with van der Waals surface area (Å²) in [5.41, 5.74) is 0. The average molecular weight is 241 g/mol. The van der Waals surface area contributed by atoms with Crippen molar-refractivity contribution in [3.05, 3.63) is 0 Å². The zero-order valence-corrected chi connectivity index (χ0v) is 10.7. The molecule has 0 fully saturated rings. The molecule has 0 bridgehead atoms. The van der Waals surface area contributed by atoms with Gasteiger partial charge in [-0.3, -0.25) is 24.5 Å². The normalized spacial score (nSPS) is 13.9. The molecule has 2 atom stereocenters. The molecule has 0 rings (SSSR count). The first-order chi connectivity index (χ1) is 7.73. The first-order valence-corrected chi connectivity index (χ1v) is 5.49. The topological polar surface area (TPSA) is 80.3 Å². The third kappa shape index (κ3) is 6.73. The van der Waals surface area contributed by atoms with Crippen LogP contribution in [-0.2, 0) is 19.2 Å². The largest absolute Gasteiger partial charge is 0.300 e. The van der Waals surface area contributed by atoms with Crippen molar-refractivity contribution in [1.82, 2.24) is 5.32 Å². The lowest BCUT2D eigenvalue weighted by atomic mass is 10.0. The average Bonchev–Trinajstić information content (AvgIpc) is 2.13. The number of carbonyl (C=O) groups excluding carboxylic acids is 4. The van der Waals surface area contributed by atoms with Gasteiger partial charge >= 0.3 is 0 Å². The van der Waals surface area contributed by atoms with Crippen LogP contribution in [0.1, 0.15) is 40.5 Å².